The third-order valence-electron chi connectivity index (χ3n) is 4.47. The topological polar surface area (TPSA) is 58.4 Å². The fourth-order valence-corrected chi connectivity index (χ4v) is 4.21. The van der Waals surface area contributed by atoms with Gasteiger partial charge in [0.15, 0.2) is 0 Å². The number of likely N-dealkylation sites (tertiary alicyclic amines) is 1. The van der Waals surface area contributed by atoms with Crippen molar-refractivity contribution in [1.29, 1.82) is 0 Å². The highest BCUT2D eigenvalue weighted by atomic mass is 32.1. The zero-order valence-corrected chi connectivity index (χ0v) is 14.1. The van der Waals surface area contributed by atoms with Crippen molar-refractivity contribution in [2.45, 2.75) is 25.3 Å². The van der Waals surface area contributed by atoms with Crippen LogP contribution in [-0.2, 0) is 6.54 Å². The lowest BCUT2D eigenvalue weighted by atomic mass is 9.98. The predicted molar refractivity (Wildman–Crippen MR) is 94.1 cm³/mol. The molecule has 5 nitrogen and oxygen atoms in total. The second kappa shape index (κ2) is 6.65. The second-order valence-corrected chi connectivity index (χ2v) is 7.13. The zero-order chi connectivity index (χ0) is 16.4. The molecule has 0 unspecified atom stereocenters. The van der Waals surface area contributed by atoms with Gasteiger partial charge in [0.1, 0.15) is 0 Å². The molecule has 124 valence electrons. The molecule has 2 amide bonds. The Morgan fingerprint density at radius 2 is 2.12 bits per heavy atom. The lowest BCUT2D eigenvalue weighted by Gasteiger charge is -2.31. The number of urea groups is 1. The Hall–Kier alpha value is -2.34. The van der Waals surface area contributed by atoms with Crippen LogP contribution in [0, 0.1) is 0 Å². The Morgan fingerprint density at radius 3 is 2.88 bits per heavy atom. The van der Waals surface area contributed by atoms with Gasteiger partial charge >= 0.3 is 6.03 Å². The molecule has 3 heterocycles. The summed E-state index contributed by atoms with van der Waals surface area (Å²) >= 11 is 1.78. The van der Waals surface area contributed by atoms with E-state index in [0.717, 1.165) is 37.0 Å². The molecule has 1 aliphatic heterocycles. The van der Waals surface area contributed by atoms with E-state index in [1.54, 1.807) is 23.9 Å². The highest BCUT2D eigenvalue weighted by Gasteiger charge is 2.25. The van der Waals surface area contributed by atoms with Crippen LogP contribution >= 0.6 is 11.3 Å². The summed E-state index contributed by atoms with van der Waals surface area (Å²) in [5.41, 5.74) is 2.06. The third-order valence-corrected chi connectivity index (χ3v) is 5.66. The Labute approximate surface area is 144 Å². The molecule has 1 aliphatic rings. The van der Waals surface area contributed by atoms with Crippen LogP contribution in [-0.4, -0.2) is 29.0 Å². The minimum Gasteiger partial charge on any atom is -0.472 e. The number of fused-ring (bicyclic) bond motifs is 1. The molecule has 0 saturated carbocycles. The summed E-state index contributed by atoms with van der Waals surface area (Å²) in [5.74, 6) is 0.459. The number of thiazole rings is 1. The van der Waals surface area contributed by atoms with Gasteiger partial charge in [0.05, 0.1) is 27.8 Å². The van der Waals surface area contributed by atoms with Gasteiger partial charge in [0.25, 0.3) is 0 Å². The molecule has 1 saturated heterocycles. The highest BCUT2D eigenvalue weighted by Crippen LogP contribution is 2.33. The van der Waals surface area contributed by atoms with Crippen LogP contribution in [0.1, 0.15) is 29.3 Å². The van der Waals surface area contributed by atoms with E-state index < -0.39 is 0 Å². The number of hydrogen-bond donors (Lipinski definition) is 1. The largest absolute Gasteiger partial charge is 0.472 e. The van der Waals surface area contributed by atoms with Crippen LogP contribution in [0.5, 0.6) is 0 Å². The van der Waals surface area contributed by atoms with Crippen molar-refractivity contribution in [3.63, 3.8) is 0 Å². The van der Waals surface area contributed by atoms with Crippen molar-refractivity contribution in [1.82, 2.24) is 15.2 Å². The second-order valence-electron chi connectivity index (χ2n) is 6.07. The Bertz CT molecular complexity index is 787. The minimum atomic E-state index is -0.000972. The van der Waals surface area contributed by atoms with Crippen molar-refractivity contribution in [2.24, 2.45) is 0 Å². The lowest BCUT2D eigenvalue weighted by molar-refractivity contribution is 0.181. The normalized spacial score (nSPS) is 15.8. The maximum absolute atomic E-state index is 12.2. The third kappa shape index (κ3) is 3.14. The molecule has 24 heavy (non-hydrogen) atoms. The van der Waals surface area contributed by atoms with Crippen LogP contribution in [0.25, 0.3) is 10.2 Å². The van der Waals surface area contributed by atoms with E-state index in [9.17, 15) is 4.79 Å². The molecule has 0 spiro atoms. The number of furan rings is 1. The molecule has 1 fully saturated rings. The summed E-state index contributed by atoms with van der Waals surface area (Å²) in [6.45, 7) is 2.06. The van der Waals surface area contributed by atoms with Gasteiger partial charge in [0, 0.05) is 31.1 Å². The van der Waals surface area contributed by atoms with Crippen LogP contribution in [0.2, 0.25) is 0 Å². The fourth-order valence-electron chi connectivity index (χ4n) is 3.08. The molecule has 4 rings (SSSR count). The van der Waals surface area contributed by atoms with Gasteiger partial charge in [-0.25, -0.2) is 9.78 Å². The molecule has 0 aliphatic carbocycles. The number of amides is 2. The summed E-state index contributed by atoms with van der Waals surface area (Å²) in [4.78, 5) is 18.9. The smallest absolute Gasteiger partial charge is 0.317 e. The molecular formula is C18H19N3O2S. The van der Waals surface area contributed by atoms with Gasteiger partial charge in [-0.2, -0.15) is 0 Å². The average Bonchev–Trinajstić information content (AvgIpc) is 3.29. The van der Waals surface area contributed by atoms with E-state index in [-0.39, 0.29) is 6.03 Å². The van der Waals surface area contributed by atoms with Gasteiger partial charge in [-0.1, -0.05) is 12.1 Å². The predicted octanol–water partition coefficient (Wildman–Crippen LogP) is 3.98. The van der Waals surface area contributed by atoms with Crippen LogP contribution in [0.4, 0.5) is 4.79 Å². The quantitative estimate of drug-likeness (QED) is 0.784. The van der Waals surface area contributed by atoms with Gasteiger partial charge in [-0.15, -0.1) is 11.3 Å². The van der Waals surface area contributed by atoms with E-state index in [0.29, 0.717) is 12.5 Å². The molecule has 1 aromatic carbocycles. The maximum atomic E-state index is 12.2. The summed E-state index contributed by atoms with van der Waals surface area (Å²) in [5, 5.41) is 4.15. The van der Waals surface area contributed by atoms with Crippen molar-refractivity contribution in [3.05, 3.63) is 53.4 Å². The average molecular weight is 341 g/mol. The van der Waals surface area contributed by atoms with E-state index >= 15 is 0 Å². The van der Waals surface area contributed by atoms with E-state index in [2.05, 4.69) is 23.5 Å². The number of benzene rings is 1. The van der Waals surface area contributed by atoms with Crippen LogP contribution in [0.3, 0.4) is 0 Å². The Kier molecular flexibility index (Phi) is 4.21. The number of nitrogens with one attached hydrogen (secondary N) is 1. The summed E-state index contributed by atoms with van der Waals surface area (Å²) < 4.78 is 6.25. The number of para-hydroxylation sites is 1. The van der Waals surface area contributed by atoms with Gasteiger partial charge in [0.2, 0.25) is 0 Å². The fraction of sp³-hybridized carbons (Fsp3) is 0.333. The first-order chi connectivity index (χ1) is 11.8. The first-order valence-corrected chi connectivity index (χ1v) is 9.00. The summed E-state index contributed by atoms with van der Waals surface area (Å²) in [6.07, 6.45) is 5.21. The molecular weight excluding hydrogens is 322 g/mol. The van der Waals surface area contributed by atoms with Crippen LogP contribution < -0.4 is 5.32 Å². The first kappa shape index (κ1) is 15.2. The number of nitrogens with zero attached hydrogens (tertiary/aromatic N) is 2. The first-order valence-electron chi connectivity index (χ1n) is 8.19. The van der Waals surface area contributed by atoms with Crippen molar-refractivity contribution >= 4 is 27.6 Å². The molecule has 0 atom stereocenters. The maximum Gasteiger partial charge on any atom is 0.317 e. The molecule has 3 aromatic rings. The highest BCUT2D eigenvalue weighted by molar-refractivity contribution is 7.18. The van der Waals surface area contributed by atoms with Crippen molar-refractivity contribution in [3.8, 4) is 0 Å². The van der Waals surface area contributed by atoms with Gasteiger partial charge < -0.3 is 14.6 Å². The molecule has 0 radical (unpaired) electrons. The standard InChI is InChI=1S/C18H19N3O2S/c22-18(19-11-13-7-10-23-12-13)21-8-5-14(6-9-21)17-20-15-3-1-2-4-16(15)24-17/h1-4,7,10,12,14H,5-6,8-9,11H2,(H,19,22). The lowest BCUT2D eigenvalue weighted by Crippen LogP contribution is -2.43. The number of piperidine rings is 1. The SMILES string of the molecule is O=C(NCc1ccoc1)N1CCC(c2nc3ccccc3s2)CC1. The number of carbonyl (C=O) groups excluding carboxylic acids is 1. The van der Waals surface area contributed by atoms with Gasteiger partial charge in [-0.05, 0) is 31.0 Å². The van der Waals surface area contributed by atoms with E-state index in [1.807, 2.05) is 17.0 Å². The number of hydrogen-bond acceptors (Lipinski definition) is 4. The molecule has 6 heteroatoms. The number of rotatable bonds is 3. The molecule has 1 N–H and O–H groups in total. The van der Waals surface area contributed by atoms with Crippen LogP contribution in [0.15, 0.2) is 47.3 Å². The van der Waals surface area contributed by atoms with E-state index in [1.165, 1.54) is 9.71 Å². The monoisotopic (exact) mass is 341 g/mol. The number of carbonyl (C=O) groups is 1. The zero-order valence-electron chi connectivity index (χ0n) is 13.3. The summed E-state index contributed by atoms with van der Waals surface area (Å²) in [7, 11) is 0. The Morgan fingerprint density at radius 1 is 1.29 bits per heavy atom. The van der Waals surface area contributed by atoms with Crippen molar-refractivity contribution < 1.29 is 9.21 Å². The summed E-state index contributed by atoms with van der Waals surface area (Å²) in [6, 6.07) is 10.1. The minimum absolute atomic E-state index is 0.000972. The molecule has 2 aromatic heterocycles. The van der Waals surface area contributed by atoms with Crippen molar-refractivity contribution in [2.75, 3.05) is 13.1 Å². The van der Waals surface area contributed by atoms with Gasteiger partial charge in [-0.3, -0.25) is 0 Å². The Balaban J connectivity index is 1.33. The molecule has 0 bridgehead atoms. The van der Waals surface area contributed by atoms with E-state index in [4.69, 9.17) is 9.40 Å². The number of aromatic nitrogens is 1.